The van der Waals surface area contributed by atoms with Crippen LogP contribution < -0.4 is 19.7 Å². The number of amides is 1. The molecule has 1 atom stereocenters. The standard InChI is InChI=1S/C25H33N3O3/c1-18-15-19(27-12-4-5-13-27)8-11-22(18)26-25(29)17-28-14-6-7-23(28)21-10-9-20(30-2)16-24(21)31-3/h8-11,15-16,23H,4-7,12-14,17H2,1-3H3,(H,26,29). The molecule has 2 aliphatic heterocycles. The van der Waals surface area contributed by atoms with Gasteiger partial charge in [0.25, 0.3) is 0 Å². The molecule has 2 fully saturated rings. The van der Waals surface area contributed by atoms with Gasteiger partial charge in [-0.05, 0) is 69.0 Å². The van der Waals surface area contributed by atoms with Gasteiger partial charge in [-0.3, -0.25) is 9.69 Å². The number of benzene rings is 2. The van der Waals surface area contributed by atoms with Gasteiger partial charge in [0.05, 0.1) is 20.8 Å². The molecule has 2 aliphatic rings. The van der Waals surface area contributed by atoms with Crippen LogP contribution in [0.25, 0.3) is 0 Å². The monoisotopic (exact) mass is 423 g/mol. The summed E-state index contributed by atoms with van der Waals surface area (Å²) in [6.07, 6.45) is 4.59. The van der Waals surface area contributed by atoms with Crippen molar-refractivity contribution in [3.05, 3.63) is 47.5 Å². The number of hydrogen-bond acceptors (Lipinski definition) is 5. The van der Waals surface area contributed by atoms with Crippen LogP contribution in [0.3, 0.4) is 0 Å². The van der Waals surface area contributed by atoms with Crippen LogP contribution in [0.4, 0.5) is 11.4 Å². The van der Waals surface area contributed by atoms with Crippen molar-refractivity contribution < 1.29 is 14.3 Å². The van der Waals surface area contributed by atoms with E-state index in [1.165, 1.54) is 18.5 Å². The maximum Gasteiger partial charge on any atom is 0.238 e. The van der Waals surface area contributed by atoms with Crippen LogP contribution in [0.1, 0.15) is 42.9 Å². The van der Waals surface area contributed by atoms with Gasteiger partial charge in [-0.2, -0.15) is 0 Å². The largest absolute Gasteiger partial charge is 0.497 e. The summed E-state index contributed by atoms with van der Waals surface area (Å²) in [5, 5.41) is 3.12. The fraction of sp³-hybridized carbons (Fsp3) is 0.480. The summed E-state index contributed by atoms with van der Waals surface area (Å²) in [5.41, 5.74) is 4.36. The minimum absolute atomic E-state index is 0.0244. The van der Waals surface area contributed by atoms with Crippen LogP contribution in [0.15, 0.2) is 36.4 Å². The zero-order valence-corrected chi connectivity index (χ0v) is 18.8. The number of likely N-dealkylation sites (tertiary alicyclic amines) is 1. The quantitative estimate of drug-likeness (QED) is 0.716. The molecule has 0 aliphatic carbocycles. The molecule has 1 unspecified atom stereocenters. The first-order valence-corrected chi connectivity index (χ1v) is 11.2. The molecule has 166 valence electrons. The highest BCUT2D eigenvalue weighted by atomic mass is 16.5. The second kappa shape index (κ2) is 9.60. The molecule has 0 saturated carbocycles. The Bertz CT molecular complexity index is 924. The third kappa shape index (κ3) is 4.79. The first-order chi connectivity index (χ1) is 15.1. The first-order valence-electron chi connectivity index (χ1n) is 11.2. The van der Waals surface area contributed by atoms with Crippen molar-refractivity contribution in [2.24, 2.45) is 0 Å². The Morgan fingerprint density at radius 2 is 1.84 bits per heavy atom. The second-order valence-corrected chi connectivity index (χ2v) is 8.48. The molecular weight excluding hydrogens is 390 g/mol. The Morgan fingerprint density at radius 3 is 2.55 bits per heavy atom. The van der Waals surface area contributed by atoms with Gasteiger partial charge in [-0.1, -0.05) is 6.07 Å². The molecule has 0 bridgehead atoms. The molecule has 0 spiro atoms. The smallest absolute Gasteiger partial charge is 0.238 e. The van der Waals surface area contributed by atoms with Crippen molar-refractivity contribution in [1.82, 2.24) is 4.90 Å². The lowest BCUT2D eigenvalue weighted by atomic mass is 10.0. The molecule has 0 aromatic heterocycles. The topological polar surface area (TPSA) is 54.0 Å². The molecule has 2 aromatic carbocycles. The molecule has 1 N–H and O–H groups in total. The number of nitrogens with zero attached hydrogens (tertiary/aromatic N) is 2. The predicted molar refractivity (Wildman–Crippen MR) is 124 cm³/mol. The Kier molecular flexibility index (Phi) is 6.66. The van der Waals surface area contributed by atoms with E-state index in [1.807, 2.05) is 18.2 Å². The van der Waals surface area contributed by atoms with E-state index >= 15 is 0 Å². The third-order valence-corrected chi connectivity index (χ3v) is 6.47. The number of carbonyl (C=O) groups is 1. The van der Waals surface area contributed by atoms with E-state index in [0.717, 1.165) is 60.8 Å². The van der Waals surface area contributed by atoms with Crippen LogP contribution in [-0.4, -0.2) is 51.2 Å². The Hall–Kier alpha value is -2.73. The fourth-order valence-corrected chi connectivity index (χ4v) is 4.80. The minimum Gasteiger partial charge on any atom is -0.497 e. The maximum atomic E-state index is 12.9. The number of nitrogens with one attached hydrogen (secondary N) is 1. The molecule has 2 aromatic rings. The number of ether oxygens (including phenoxy) is 2. The van der Waals surface area contributed by atoms with E-state index in [4.69, 9.17) is 9.47 Å². The minimum atomic E-state index is 0.0244. The van der Waals surface area contributed by atoms with Crippen LogP contribution in [0.5, 0.6) is 11.5 Å². The van der Waals surface area contributed by atoms with Crippen LogP contribution in [0.2, 0.25) is 0 Å². The van der Waals surface area contributed by atoms with E-state index in [1.54, 1.807) is 14.2 Å². The second-order valence-electron chi connectivity index (χ2n) is 8.48. The summed E-state index contributed by atoms with van der Waals surface area (Å²) in [6.45, 7) is 5.58. The highest BCUT2D eigenvalue weighted by molar-refractivity contribution is 5.93. The third-order valence-electron chi connectivity index (χ3n) is 6.47. The van der Waals surface area contributed by atoms with E-state index in [2.05, 4.69) is 40.2 Å². The zero-order chi connectivity index (χ0) is 21.8. The van der Waals surface area contributed by atoms with Crippen LogP contribution in [-0.2, 0) is 4.79 Å². The summed E-state index contributed by atoms with van der Waals surface area (Å²) < 4.78 is 10.9. The first kappa shape index (κ1) is 21.5. The van der Waals surface area contributed by atoms with E-state index in [0.29, 0.717) is 6.54 Å². The Balaban J connectivity index is 1.42. The number of anilines is 2. The maximum absolute atomic E-state index is 12.9. The summed E-state index contributed by atoms with van der Waals surface area (Å²) in [4.78, 5) is 17.5. The number of carbonyl (C=O) groups excluding carboxylic acids is 1. The average molecular weight is 424 g/mol. The van der Waals surface area contributed by atoms with Gasteiger partial charge in [0.15, 0.2) is 0 Å². The van der Waals surface area contributed by atoms with E-state index in [9.17, 15) is 4.79 Å². The Morgan fingerprint density at radius 1 is 1.03 bits per heavy atom. The van der Waals surface area contributed by atoms with Gasteiger partial charge in [0, 0.05) is 42.1 Å². The summed E-state index contributed by atoms with van der Waals surface area (Å²) >= 11 is 0. The van der Waals surface area contributed by atoms with Crippen molar-refractivity contribution in [2.45, 2.75) is 38.6 Å². The molecule has 31 heavy (non-hydrogen) atoms. The molecule has 6 nitrogen and oxygen atoms in total. The predicted octanol–water partition coefficient (Wildman–Crippen LogP) is 4.39. The lowest BCUT2D eigenvalue weighted by Gasteiger charge is -2.26. The van der Waals surface area contributed by atoms with Gasteiger partial charge < -0.3 is 19.7 Å². The van der Waals surface area contributed by atoms with Gasteiger partial charge in [-0.15, -0.1) is 0 Å². The van der Waals surface area contributed by atoms with E-state index < -0.39 is 0 Å². The average Bonchev–Trinajstić information content (AvgIpc) is 3.47. The number of hydrogen-bond donors (Lipinski definition) is 1. The van der Waals surface area contributed by atoms with Crippen molar-refractivity contribution >= 4 is 17.3 Å². The lowest BCUT2D eigenvalue weighted by Crippen LogP contribution is -2.33. The molecule has 1 amide bonds. The van der Waals surface area contributed by atoms with E-state index in [-0.39, 0.29) is 11.9 Å². The highest BCUT2D eigenvalue weighted by Crippen LogP contribution is 2.38. The molecule has 2 saturated heterocycles. The van der Waals surface area contributed by atoms with Crippen molar-refractivity contribution in [1.29, 1.82) is 0 Å². The van der Waals surface area contributed by atoms with Crippen molar-refractivity contribution in [3.63, 3.8) is 0 Å². The normalized spacial score (nSPS) is 18.9. The molecule has 2 heterocycles. The van der Waals surface area contributed by atoms with Crippen LogP contribution in [0, 0.1) is 6.92 Å². The van der Waals surface area contributed by atoms with Crippen LogP contribution >= 0.6 is 0 Å². The number of aryl methyl sites for hydroxylation is 1. The number of methoxy groups -OCH3 is 2. The summed E-state index contributed by atoms with van der Waals surface area (Å²) in [7, 11) is 3.33. The SMILES string of the molecule is COc1ccc(C2CCCN2CC(=O)Nc2ccc(N3CCCC3)cc2C)c(OC)c1. The van der Waals surface area contributed by atoms with Crippen molar-refractivity contribution in [2.75, 3.05) is 50.6 Å². The summed E-state index contributed by atoms with van der Waals surface area (Å²) in [5.74, 6) is 1.61. The van der Waals surface area contributed by atoms with Gasteiger partial charge in [-0.25, -0.2) is 0 Å². The lowest BCUT2D eigenvalue weighted by molar-refractivity contribution is -0.117. The fourth-order valence-electron chi connectivity index (χ4n) is 4.80. The zero-order valence-electron chi connectivity index (χ0n) is 18.8. The van der Waals surface area contributed by atoms with Gasteiger partial charge in [0.2, 0.25) is 5.91 Å². The summed E-state index contributed by atoms with van der Waals surface area (Å²) in [6, 6.07) is 12.4. The molecule has 0 radical (unpaired) electrons. The van der Waals surface area contributed by atoms with Gasteiger partial charge >= 0.3 is 0 Å². The van der Waals surface area contributed by atoms with Crippen molar-refractivity contribution in [3.8, 4) is 11.5 Å². The molecule has 4 rings (SSSR count). The Labute approximate surface area is 185 Å². The number of rotatable bonds is 7. The molecule has 6 heteroatoms. The van der Waals surface area contributed by atoms with Gasteiger partial charge in [0.1, 0.15) is 11.5 Å². The molecular formula is C25H33N3O3. The highest BCUT2D eigenvalue weighted by Gasteiger charge is 2.30.